The topological polar surface area (TPSA) is 44.8 Å². The number of nitrogens with zero attached hydrogens (tertiary/aromatic N) is 2. The molecule has 1 N–H and O–H groups in total. The molecule has 124 valence electrons. The molecule has 0 unspecified atom stereocenters. The van der Waals surface area contributed by atoms with Crippen LogP contribution in [0, 0.1) is 5.92 Å². The molecule has 0 bridgehead atoms. The van der Waals surface area contributed by atoms with Crippen LogP contribution in [0.25, 0.3) is 0 Å². The summed E-state index contributed by atoms with van der Waals surface area (Å²) in [5, 5.41) is 3.19. The Hall–Kier alpha value is -1.75. The number of hydrogen-bond donors (Lipinski definition) is 1. The highest BCUT2D eigenvalue weighted by atomic mass is 16.5. The average molecular weight is 315 g/mol. The first-order chi connectivity index (χ1) is 11.3. The van der Waals surface area contributed by atoms with Crippen molar-refractivity contribution < 1.29 is 9.53 Å². The third kappa shape index (κ3) is 3.29. The van der Waals surface area contributed by atoms with Crippen LogP contribution in [0.2, 0.25) is 0 Å². The van der Waals surface area contributed by atoms with Crippen molar-refractivity contribution in [2.24, 2.45) is 5.92 Å². The molecule has 0 spiro atoms. The summed E-state index contributed by atoms with van der Waals surface area (Å²) >= 11 is 0. The van der Waals surface area contributed by atoms with Crippen molar-refractivity contribution >= 4 is 23.0 Å². The van der Waals surface area contributed by atoms with E-state index in [4.69, 9.17) is 4.74 Å². The lowest BCUT2D eigenvalue weighted by Crippen LogP contribution is -2.37. The van der Waals surface area contributed by atoms with Gasteiger partial charge in [-0.3, -0.25) is 4.79 Å². The van der Waals surface area contributed by atoms with Crippen LogP contribution in [0.3, 0.4) is 0 Å². The van der Waals surface area contributed by atoms with Crippen LogP contribution in [0.4, 0.5) is 17.1 Å². The molecule has 1 aliphatic carbocycles. The molecule has 5 nitrogen and oxygen atoms in total. The zero-order valence-electron chi connectivity index (χ0n) is 13.6. The lowest BCUT2D eigenvalue weighted by molar-refractivity contribution is -0.117. The van der Waals surface area contributed by atoms with Gasteiger partial charge in [0.2, 0.25) is 5.91 Å². The average Bonchev–Trinajstić information content (AvgIpc) is 3.30. The van der Waals surface area contributed by atoms with Gasteiger partial charge in [-0.05, 0) is 43.9 Å². The molecule has 1 saturated carbocycles. The minimum absolute atomic E-state index is 0.179. The van der Waals surface area contributed by atoms with E-state index in [1.54, 1.807) is 0 Å². The molecule has 2 aliphatic heterocycles. The second-order valence-electron chi connectivity index (χ2n) is 6.76. The number of carbonyl (C=O) groups excluding carboxylic acids is 1. The van der Waals surface area contributed by atoms with Gasteiger partial charge in [-0.15, -0.1) is 0 Å². The van der Waals surface area contributed by atoms with Crippen molar-refractivity contribution in [1.82, 2.24) is 0 Å². The Labute approximate surface area is 137 Å². The fourth-order valence-electron chi connectivity index (χ4n) is 3.46. The molecule has 5 heteroatoms. The number of morpholine rings is 1. The van der Waals surface area contributed by atoms with E-state index in [0.717, 1.165) is 63.6 Å². The molecule has 1 aromatic carbocycles. The molecule has 2 saturated heterocycles. The minimum atomic E-state index is 0.179. The van der Waals surface area contributed by atoms with Gasteiger partial charge in [-0.25, -0.2) is 0 Å². The lowest BCUT2D eigenvalue weighted by atomic mass is 10.2. The summed E-state index contributed by atoms with van der Waals surface area (Å²) in [7, 11) is 0. The van der Waals surface area contributed by atoms with Crippen LogP contribution >= 0.6 is 0 Å². The first kappa shape index (κ1) is 14.8. The van der Waals surface area contributed by atoms with Crippen molar-refractivity contribution in [2.75, 3.05) is 54.5 Å². The minimum Gasteiger partial charge on any atom is -0.378 e. The number of anilines is 3. The first-order valence-corrected chi connectivity index (χ1v) is 8.84. The molecule has 1 amide bonds. The standard InChI is InChI=1S/C18H25N3O2/c22-18(14-3-4-14)19-16-13-15(20-7-1-2-8-20)5-6-17(16)21-9-11-23-12-10-21/h5-6,13-14H,1-4,7-12H2,(H,19,22). The highest BCUT2D eigenvalue weighted by Crippen LogP contribution is 2.35. The third-order valence-corrected chi connectivity index (χ3v) is 5.01. The maximum Gasteiger partial charge on any atom is 0.227 e. The molecule has 3 fully saturated rings. The summed E-state index contributed by atoms with van der Waals surface area (Å²) in [5.41, 5.74) is 3.32. The lowest BCUT2D eigenvalue weighted by Gasteiger charge is -2.31. The van der Waals surface area contributed by atoms with Crippen molar-refractivity contribution in [3.8, 4) is 0 Å². The van der Waals surface area contributed by atoms with E-state index >= 15 is 0 Å². The van der Waals surface area contributed by atoms with Crippen LogP contribution in [-0.2, 0) is 9.53 Å². The maximum atomic E-state index is 12.3. The first-order valence-electron chi connectivity index (χ1n) is 8.84. The Morgan fingerprint density at radius 3 is 2.48 bits per heavy atom. The summed E-state index contributed by atoms with van der Waals surface area (Å²) in [4.78, 5) is 17.0. The van der Waals surface area contributed by atoms with Crippen molar-refractivity contribution in [3.05, 3.63) is 18.2 Å². The van der Waals surface area contributed by atoms with E-state index in [-0.39, 0.29) is 11.8 Å². The molecule has 0 atom stereocenters. The third-order valence-electron chi connectivity index (χ3n) is 5.01. The van der Waals surface area contributed by atoms with Gasteiger partial charge in [0.05, 0.1) is 24.6 Å². The smallest absolute Gasteiger partial charge is 0.227 e. The van der Waals surface area contributed by atoms with Crippen LogP contribution in [-0.4, -0.2) is 45.3 Å². The second kappa shape index (κ2) is 6.40. The SMILES string of the molecule is O=C(Nc1cc(N2CCCC2)ccc1N1CCOCC1)C1CC1. The predicted molar refractivity (Wildman–Crippen MR) is 92.3 cm³/mol. The Kier molecular flexibility index (Phi) is 4.12. The molecular weight excluding hydrogens is 290 g/mol. The molecule has 3 aliphatic rings. The van der Waals surface area contributed by atoms with E-state index in [0.29, 0.717) is 0 Å². The van der Waals surface area contributed by atoms with Crippen LogP contribution in [0.15, 0.2) is 18.2 Å². The van der Waals surface area contributed by atoms with Crippen LogP contribution in [0.5, 0.6) is 0 Å². The van der Waals surface area contributed by atoms with Gasteiger partial charge >= 0.3 is 0 Å². The molecule has 2 heterocycles. The van der Waals surface area contributed by atoms with Gasteiger partial charge in [-0.2, -0.15) is 0 Å². The second-order valence-corrected chi connectivity index (χ2v) is 6.76. The molecule has 0 aromatic heterocycles. The van der Waals surface area contributed by atoms with Crippen LogP contribution < -0.4 is 15.1 Å². The summed E-state index contributed by atoms with van der Waals surface area (Å²) < 4.78 is 5.46. The number of hydrogen-bond acceptors (Lipinski definition) is 4. The normalized spacial score (nSPS) is 21.6. The Balaban J connectivity index is 1.61. The summed E-state index contributed by atoms with van der Waals surface area (Å²) in [5.74, 6) is 0.404. The highest BCUT2D eigenvalue weighted by molar-refractivity contribution is 5.97. The Morgan fingerprint density at radius 1 is 1.04 bits per heavy atom. The molecule has 0 radical (unpaired) electrons. The molecule has 1 aromatic rings. The molecule has 4 rings (SSSR count). The highest BCUT2D eigenvalue weighted by Gasteiger charge is 2.30. The van der Waals surface area contributed by atoms with Crippen molar-refractivity contribution in [2.45, 2.75) is 25.7 Å². The molecule has 23 heavy (non-hydrogen) atoms. The van der Waals surface area contributed by atoms with Gasteiger partial charge in [0.25, 0.3) is 0 Å². The van der Waals surface area contributed by atoms with Gasteiger partial charge in [0.1, 0.15) is 0 Å². The summed E-state index contributed by atoms with van der Waals surface area (Å²) in [6.07, 6.45) is 4.58. The zero-order chi connectivity index (χ0) is 15.6. The van der Waals surface area contributed by atoms with E-state index < -0.39 is 0 Å². The van der Waals surface area contributed by atoms with E-state index in [1.807, 2.05) is 0 Å². The Bertz CT molecular complexity index is 574. The fraction of sp³-hybridized carbons (Fsp3) is 0.611. The van der Waals surface area contributed by atoms with E-state index in [1.165, 1.54) is 18.5 Å². The summed E-state index contributed by atoms with van der Waals surface area (Å²) in [6.45, 7) is 5.51. The van der Waals surface area contributed by atoms with E-state index in [9.17, 15) is 4.79 Å². The van der Waals surface area contributed by atoms with Gasteiger partial charge in [0, 0.05) is 37.8 Å². The molecular formula is C18H25N3O2. The largest absolute Gasteiger partial charge is 0.378 e. The quantitative estimate of drug-likeness (QED) is 0.927. The van der Waals surface area contributed by atoms with Crippen LogP contribution in [0.1, 0.15) is 25.7 Å². The monoisotopic (exact) mass is 315 g/mol. The number of carbonyl (C=O) groups is 1. The number of benzene rings is 1. The van der Waals surface area contributed by atoms with Crippen molar-refractivity contribution in [3.63, 3.8) is 0 Å². The van der Waals surface area contributed by atoms with Crippen molar-refractivity contribution in [1.29, 1.82) is 0 Å². The van der Waals surface area contributed by atoms with Gasteiger partial charge in [-0.1, -0.05) is 0 Å². The predicted octanol–water partition coefficient (Wildman–Crippen LogP) is 2.47. The van der Waals surface area contributed by atoms with Gasteiger partial charge < -0.3 is 19.9 Å². The summed E-state index contributed by atoms with van der Waals surface area (Å²) in [6, 6.07) is 6.53. The maximum absolute atomic E-state index is 12.3. The van der Waals surface area contributed by atoms with Gasteiger partial charge in [0.15, 0.2) is 0 Å². The number of nitrogens with one attached hydrogen (secondary N) is 1. The number of amides is 1. The fourth-order valence-corrected chi connectivity index (χ4v) is 3.46. The number of rotatable bonds is 4. The zero-order valence-corrected chi connectivity index (χ0v) is 13.6. The Morgan fingerprint density at radius 2 is 1.78 bits per heavy atom. The number of ether oxygens (including phenoxy) is 1. The van der Waals surface area contributed by atoms with E-state index in [2.05, 4.69) is 33.3 Å².